The van der Waals surface area contributed by atoms with Crippen LogP contribution in [0.1, 0.15) is 37.6 Å². The van der Waals surface area contributed by atoms with Crippen LogP contribution in [0.4, 0.5) is 0 Å². The lowest BCUT2D eigenvalue weighted by Gasteiger charge is -2.59. The van der Waals surface area contributed by atoms with Crippen molar-refractivity contribution >= 4 is 5.91 Å². The summed E-state index contributed by atoms with van der Waals surface area (Å²) in [4.78, 5) is 16.5. The van der Waals surface area contributed by atoms with E-state index in [1.807, 2.05) is 18.2 Å². The normalized spacial score (nSPS) is 25.7. The molecule has 1 aliphatic carbocycles. The summed E-state index contributed by atoms with van der Waals surface area (Å²) < 4.78 is 7.24. The number of amides is 1. The van der Waals surface area contributed by atoms with Gasteiger partial charge in [-0.25, -0.2) is 9.67 Å². The van der Waals surface area contributed by atoms with E-state index in [4.69, 9.17) is 4.74 Å². The summed E-state index contributed by atoms with van der Waals surface area (Å²) in [6, 6.07) is 7.44. The monoisotopic (exact) mass is 314 g/mol. The molecule has 0 unspecified atom stereocenters. The molecule has 0 radical (unpaired) electrons. The zero-order valence-electron chi connectivity index (χ0n) is 13.9. The van der Waals surface area contributed by atoms with E-state index < -0.39 is 0 Å². The lowest BCUT2D eigenvalue weighted by Crippen LogP contribution is -2.68. The van der Waals surface area contributed by atoms with Crippen LogP contribution >= 0.6 is 0 Å². The first-order valence-electron chi connectivity index (χ1n) is 7.68. The molecular formula is C17H22N4O2. The third-order valence-electron chi connectivity index (χ3n) is 5.38. The van der Waals surface area contributed by atoms with Crippen molar-refractivity contribution < 1.29 is 9.53 Å². The second-order valence-corrected chi connectivity index (χ2v) is 6.78. The van der Waals surface area contributed by atoms with E-state index in [1.165, 1.54) is 6.33 Å². The van der Waals surface area contributed by atoms with Gasteiger partial charge in [0.15, 0.2) is 0 Å². The molecule has 1 saturated carbocycles. The Morgan fingerprint density at radius 3 is 2.78 bits per heavy atom. The van der Waals surface area contributed by atoms with Crippen molar-refractivity contribution in [2.24, 2.45) is 5.41 Å². The number of methoxy groups -OCH3 is 1. The minimum Gasteiger partial charge on any atom is -0.378 e. The summed E-state index contributed by atoms with van der Waals surface area (Å²) in [5, 5.41) is 7.21. The van der Waals surface area contributed by atoms with Gasteiger partial charge < -0.3 is 10.1 Å². The Balaban J connectivity index is 1.74. The Hall–Kier alpha value is -2.21. The molecule has 1 N–H and O–H groups in total. The fourth-order valence-electron chi connectivity index (χ4n) is 3.10. The zero-order valence-corrected chi connectivity index (χ0v) is 13.9. The lowest BCUT2D eigenvalue weighted by atomic mass is 9.56. The number of carbonyl (C=O) groups excluding carboxylic acids is 1. The van der Waals surface area contributed by atoms with Crippen molar-refractivity contribution in [2.45, 2.75) is 38.8 Å². The van der Waals surface area contributed by atoms with Gasteiger partial charge in [-0.3, -0.25) is 4.79 Å². The molecule has 0 spiro atoms. The van der Waals surface area contributed by atoms with Crippen LogP contribution in [0.25, 0.3) is 5.69 Å². The average molecular weight is 314 g/mol. The van der Waals surface area contributed by atoms with Crippen LogP contribution in [0.3, 0.4) is 0 Å². The highest BCUT2D eigenvalue weighted by atomic mass is 16.5. The third-order valence-corrected chi connectivity index (χ3v) is 5.38. The standard InChI is InChI=1S/C17H22N4O2/c1-16(2)14(9-17(16,3)23-4)20-15(22)12-6-5-7-13(8-12)21-11-18-10-19-21/h5-8,10-11,14H,9H2,1-4H3,(H,20,22)/t14-,17+/m0/s1. The summed E-state index contributed by atoms with van der Waals surface area (Å²) in [7, 11) is 1.72. The summed E-state index contributed by atoms with van der Waals surface area (Å²) in [5.74, 6) is -0.0804. The highest BCUT2D eigenvalue weighted by Crippen LogP contribution is 2.51. The van der Waals surface area contributed by atoms with Crippen LogP contribution in [-0.4, -0.2) is 39.4 Å². The van der Waals surface area contributed by atoms with Crippen LogP contribution < -0.4 is 5.32 Å². The largest absolute Gasteiger partial charge is 0.378 e. The van der Waals surface area contributed by atoms with E-state index in [1.54, 1.807) is 24.2 Å². The number of ether oxygens (including phenoxy) is 1. The highest BCUT2D eigenvalue weighted by Gasteiger charge is 2.58. The second kappa shape index (κ2) is 5.45. The molecule has 1 aromatic carbocycles. The van der Waals surface area contributed by atoms with Gasteiger partial charge in [0.25, 0.3) is 5.91 Å². The Morgan fingerprint density at radius 1 is 1.39 bits per heavy atom. The summed E-state index contributed by atoms with van der Waals surface area (Å²) in [6.07, 6.45) is 3.89. The Kier molecular flexibility index (Phi) is 3.72. The van der Waals surface area contributed by atoms with Crippen molar-refractivity contribution in [1.29, 1.82) is 0 Å². The van der Waals surface area contributed by atoms with Gasteiger partial charge in [0, 0.05) is 24.1 Å². The molecule has 23 heavy (non-hydrogen) atoms. The maximum absolute atomic E-state index is 12.6. The van der Waals surface area contributed by atoms with E-state index in [0.717, 1.165) is 12.1 Å². The van der Waals surface area contributed by atoms with E-state index in [-0.39, 0.29) is 23.0 Å². The fraction of sp³-hybridized carbons (Fsp3) is 0.471. The molecule has 1 fully saturated rings. The topological polar surface area (TPSA) is 69.0 Å². The molecule has 1 aliphatic rings. The molecule has 3 rings (SSSR count). The van der Waals surface area contributed by atoms with Crippen molar-refractivity contribution in [3.05, 3.63) is 42.5 Å². The number of nitrogens with one attached hydrogen (secondary N) is 1. The Bertz CT molecular complexity index is 711. The number of nitrogens with zero attached hydrogens (tertiary/aromatic N) is 3. The minimum absolute atomic E-state index is 0.0804. The Morgan fingerprint density at radius 2 is 2.17 bits per heavy atom. The van der Waals surface area contributed by atoms with Crippen LogP contribution in [0.2, 0.25) is 0 Å². The summed E-state index contributed by atoms with van der Waals surface area (Å²) in [6.45, 7) is 6.33. The molecular weight excluding hydrogens is 292 g/mol. The first kappa shape index (κ1) is 15.7. The van der Waals surface area contributed by atoms with Crippen molar-refractivity contribution in [1.82, 2.24) is 20.1 Å². The van der Waals surface area contributed by atoms with E-state index in [9.17, 15) is 4.79 Å². The number of hydrogen-bond donors (Lipinski definition) is 1. The number of hydrogen-bond acceptors (Lipinski definition) is 4. The first-order chi connectivity index (χ1) is 10.9. The van der Waals surface area contributed by atoms with Crippen LogP contribution in [-0.2, 0) is 4.74 Å². The highest BCUT2D eigenvalue weighted by molar-refractivity contribution is 5.95. The molecule has 1 aromatic heterocycles. The van der Waals surface area contributed by atoms with Gasteiger partial charge >= 0.3 is 0 Å². The van der Waals surface area contributed by atoms with E-state index in [2.05, 4.69) is 36.2 Å². The van der Waals surface area contributed by atoms with Crippen molar-refractivity contribution in [3.63, 3.8) is 0 Å². The van der Waals surface area contributed by atoms with Gasteiger partial charge in [-0.2, -0.15) is 5.10 Å². The predicted octanol–water partition coefficient (Wildman–Crippen LogP) is 2.20. The number of benzene rings is 1. The minimum atomic E-state index is -0.201. The van der Waals surface area contributed by atoms with E-state index >= 15 is 0 Å². The van der Waals surface area contributed by atoms with Crippen molar-refractivity contribution in [3.8, 4) is 5.69 Å². The first-order valence-corrected chi connectivity index (χ1v) is 7.68. The average Bonchev–Trinajstić information content (AvgIpc) is 3.08. The molecule has 1 heterocycles. The van der Waals surface area contributed by atoms with Crippen LogP contribution in [0.15, 0.2) is 36.9 Å². The van der Waals surface area contributed by atoms with Crippen molar-refractivity contribution in [2.75, 3.05) is 7.11 Å². The smallest absolute Gasteiger partial charge is 0.251 e. The fourth-order valence-corrected chi connectivity index (χ4v) is 3.10. The maximum Gasteiger partial charge on any atom is 0.251 e. The second-order valence-electron chi connectivity index (χ2n) is 6.78. The molecule has 1 amide bonds. The molecule has 6 nitrogen and oxygen atoms in total. The molecule has 6 heteroatoms. The van der Waals surface area contributed by atoms with Gasteiger partial charge in [0.2, 0.25) is 0 Å². The lowest BCUT2D eigenvalue weighted by molar-refractivity contribution is -0.177. The third kappa shape index (κ3) is 2.53. The van der Waals surface area contributed by atoms with Gasteiger partial charge in [0.1, 0.15) is 12.7 Å². The Labute approximate surface area is 135 Å². The quantitative estimate of drug-likeness (QED) is 0.939. The predicted molar refractivity (Wildman–Crippen MR) is 86.4 cm³/mol. The van der Waals surface area contributed by atoms with Crippen LogP contribution in [0.5, 0.6) is 0 Å². The summed E-state index contributed by atoms with van der Waals surface area (Å²) in [5.41, 5.74) is 1.11. The van der Waals surface area contributed by atoms with Gasteiger partial charge in [-0.05, 0) is 31.5 Å². The van der Waals surface area contributed by atoms with Gasteiger partial charge in [-0.1, -0.05) is 19.9 Å². The zero-order chi connectivity index (χ0) is 16.7. The number of rotatable bonds is 4. The molecule has 0 aliphatic heterocycles. The maximum atomic E-state index is 12.6. The molecule has 2 atom stereocenters. The van der Waals surface area contributed by atoms with E-state index in [0.29, 0.717) is 5.56 Å². The molecule has 0 bridgehead atoms. The number of carbonyl (C=O) groups is 1. The molecule has 122 valence electrons. The molecule has 0 saturated heterocycles. The SMILES string of the molecule is CO[C@]1(C)C[C@H](NC(=O)c2cccc(-n3cncn3)c2)C1(C)C. The van der Waals surface area contributed by atoms with Gasteiger partial charge in [-0.15, -0.1) is 0 Å². The van der Waals surface area contributed by atoms with Crippen LogP contribution in [0, 0.1) is 5.41 Å². The molecule has 2 aromatic rings. The summed E-state index contributed by atoms with van der Waals surface area (Å²) >= 11 is 0. The number of aromatic nitrogens is 3. The van der Waals surface area contributed by atoms with Gasteiger partial charge in [0.05, 0.1) is 11.3 Å².